The van der Waals surface area contributed by atoms with Crippen molar-refractivity contribution in [1.29, 1.82) is 0 Å². The standard InChI is InChI=1S/C8H15NO3/c1-4-7(10)9-6(3)8(11)12-5-2/h6H,4-5H2,1-3H3,(H,9,10). The molecular formula is C8H15NO3. The highest BCUT2D eigenvalue weighted by atomic mass is 16.5. The van der Waals surface area contributed by atoms with Crippen molar-refractivity contribution in [3.63, 3.8) is 0 Å². The fourth-order valence-electron chi connectivity index (χ4n) is 0.670. The van der Waals surface area contributed by atoms with E-state index in [1.807, 2.05) is 0 Å². The lowest BCUT2D eigenvalue weighted by atomic mass is 10.3. The third-order valence-electron chi connectivity index (χ3n) is 1.34. The molecule has 12 heavy (non-hydrogen) atoms. The second-order valence-corrected chi connectivity index (χ2v) is 2.39. The monoisotopic (exact) mass is 173 g/mol. The van der Waals surface area contributed by atoms with Crippen LogP contribution in [0.5, 0.6) is 0 Å². The van der Waals surface area contributed by atoms with Crippen LogP contribution in [-0.2, 0) is 14.3 Å². The minimum absolute atomic E-state index is 0.143. The predicted molar refractivity (Wildman–Crippen MR) is 44.5 cm³/mol. The fourth-order valence-corrected chi connectivity index (χ4v) is 0.670. The molecule has 0 aromatic rings. The van der Waals surface area contributed by atoms with Gasteiger partial charge in [0.15, 0.2) is 0 Å². The summed E-state index contributed by atoms with van der Waals surface area (Å²) < 4.78 is 4.70. The Hall–Kier alpha value is -1.06. The van der Waals surface area contributed by atoms with Crippen LogP contribution < -0.4 is 5.32 Å². The summed E-state index contributed by atoms with van der Waals surface area (Å²) in [6.45, 7) is 5.40. The number of esters is 1. The average Bonchev–Trinajstić information content (AvgIpc) is 2.04. The molecule has 0 spiro atoms. The molecule has 0 radical (unpaired) electrons. The zero-order valence-electron chi connectivity index (χ0n) is 7.72. The Bertz CT molecular complexity index is 168. The molecule has 0 aromatic carbocycles. The summed E-state index contributed by atoms with van der Waals surface area (Å²) in [5.74, 6) is -0.533. The largest absolute Gasteiger partial charge is 0.464 e. The van der Waals surface area contributed by atoms with Gasteiger partial charge in [-0.3, -0.25) is 4.79 Å². The number of hydrogen-bond acceptors (Lipinski definition) is 3. The number of nitrogens with one attached hydrogen (secondary N) is 1. The van der Waals surface area contributed by atoms with Gasteiger partial charge in [0.1, 0.15) is 6.04 Å². The van der Waals surface area contributed by atoms with E-state index in [4.69, 9.17) is 4.74 Å². The van der Waals surface area contributed by atoms with Crippen LogP contribution >= 0.6 is 0 Å². The van der Waals surface area contributed by atoms with Crippen LogP contribution in [0.2, 0.25) is 0 Å². The molecule has 0 rings (SSSR count). The number of carbonyl (C=O) groups excluding carboxylic acids is 2. The van der Waals surface area contributed by atoms with Crippen molar-refractivity contribution in [1.82, 2.24) is 5.32 Å². The van der Waals surface area contributed by atoms with Crippen LogP contribution in [0.1, 0.15) is 27.2 Å². The molecule has 1 atom stereocenters. The van der Waals surface area contributed by atoms with Gasteiger partial charge >= 0.3 is 5.97 Å². The maximum Gasteiger partial charge on any atom is 0.328 e. The Morgan fingerprint density at radius 2 is 2.00 bits per heavy atom. The normalized spacial score (nSPS) is 11.9. The molecule has 1 unspecified atom stereocenters. The Morgan fingerprint density at radius 1 is 1.42 bits per heavy atom. The summed E-state index contributed by atoms with van der Waals surface area (Å²) in [6.07, 6.45) is 0.379. The quantitative estimate of drug-likeness (QED) is 0.628. The molecule has 4 heteroatoms. The van der Waals surface area contributed by atoms with E-state index in [-0.39, 0.29) is 11.9 Å². The fraction of sp³-hybridized carbons (Fsp3) is 0.750. The van der Waals surface area contributed by atoms with E-state index < -0.39 is 6.04 Å². The lowest BCUT2D eigenvalue weighted by molar-refractivity contribution is -0.146. The molecule has 0 bridgehead atoms. The average molecular weight is 173 g/mol. The minimum atomic E-state index is -0.544. The summed E-state index contributed by atoms with van der Waals surface area (Å²) in [6, 6.07) is -0.544. The van der Waals surface area contributed by atoms with Gasteiger partial charge in [0, 0.05) is 6.42 Å². The van der Waals surface area contributed by atoms with Gasteiger partial charge in [0.25, 0.3) is 0 Å². The first-order valence-electron chi connectivity index (χ1n) is 4.07. The summed E-state index contributed by atoms with van der Waals surface area (Å²) in [5.41, 5.74) is 0. The highest BCUT2D eigenvalue weighted by molar-refractivity contribution is 5.83. The lowest BCUT2D eigenvalue weighted by Gasteiger charge is -2.11. The van der Waals surface area contributed by atoms with Crippen molar-refractivity contribution in [3.05, 3.63) is 0 Å². The summed E-state index contributed by atoms with van der Waals surface area (Å²) >= 11 is 0. The van der Waals surface area contributed by atoms with Crippen molar-refractivity contribution in [2.75, 3.05) is 6.61 Å². The molecule has 1 N–H and O–H groups in total. The Balaban J connectivity index is 3.78. The maximum absolute atomic E-state index is 11.0. The van der Waals surface area contributed by atoms with Crippen molar-refractivity contribution >= 4 is 11.9 Å². The number of rotatable bonds is 4. The van der Waals surface area contributed by atoms with Gasteiger partial charge in [-0.1, -0.05) is 6.92 Å². The highest BCUT2D eigenvalue weighted by Crippen LogP contribution is 1.88. The van der Waals surface area contributed by atoms with E-state index >= 15 is 0 Å². The summed E-state index contributed by atoms with van der Waals surface area (Å²) in [4.78, 5) is 21.8. The number of ether oxygens (including phenoxy) is 1. The molecule has 0 aliphatic rings. The van der Waals surface area contributed by atoms with Crippen LogP contribution in [0.15, 0.2) is 0 Å². The van der Waals surface area contributed by atoms with E-state index in [0.717, 1.165) is 0 Å². The number of carbonyl (C=O) groups is 2. The Morgan fingerprint density at radius 3 is 2.42 bits per heavy atom. The van der Waals surface area contributed by atoms with E-state index in [2.05, 4.69) is 5.32 Å². The first-order chi connectivity index (χ1) is 5.61. The SMILES string of the molecule is CCOC(=O)C(C)NC(=O)CC. The zero-order chi connectivity index (χ0) is 9.56. The molecule has 0 heterocycles. The van der Waals surface area contributed by atoms with E-state index in [1.54, 1.807) is 20.8 Å². The minimum Gasteiger partial charge on any atom is -0.464 e. The van der Waals surface area contributed by atoms with Gasteiger partial charge in [-0.2, -0.15) is 0 Å². The summed E-state index contributed by atoms with van der Waals surface area (Å²) in [7, 11) is 0. The van der Waals surface area contributed by atoms with E-state index in [0.29, 0.717) is 13.0 Å². The molecule has 4 nitrogen and oxygen atoms in total. The van der Waals surface area contributed by atoms with Crippen LogP contribution in [0.25, 0.3) is 0 Å². The molecule has 70 valence electrons. The van der Waals surface area contributed by atoms with Crippen LogP contribution in [0.4, 0.5) is 0 Å². The molecule has 0 aliphatic carbocycles. The highest BCUT2D eigenvalue weighted by Gasteiger charge is 2.14. The molecule has 0 fully saturated rings. The topological polar surface area (TPSA) is 55.4 Å². The van der Waals surface area contributed by atoms with Crippen molar-refractivity contribution in [2.24, 2.45) is 0 Å². The van der Waals surface area contributed by atoms with Gasteiger partial charge in [-0.25, -0.2) is 4.79 Å². The molecule has 1 amide bonds. The predicted octanol–water partition coefficient (Wildman–Crippen LogP) is 0.464. The van der Waals surface area contributed by atoms with Crippen LogP contribution in [0.3, 0.4) is 0 Å². The Labute approximate surface area is 72.3 Å². The Kier molecular flexibility index (Phi) is 5.08. The van der Waals surface area contributed by atoms with Crippen molar-refractivity contribution in [2.45, 2.75) is 33.2 Å². The zero-order valence-corrected chi connectivity index (χ0v) is 7.72. The van der Waals surface area contributed by atoms with E-state index in [9.17, 15) is 9.59 Å². The van der Waals surface area contributed by atoms with Gasteiger partial charge < -0.3 is 10.1 Å². The molecule has 0 saturated heterocycles. The van der Waals surface area contributed by atoms with Gasteiger partial charge in [0.2, 0.25) is 5.91 Å². The van der Waals surface area contributed by atoms with Crippen molar-refractivity contribution in [3.8, 4) is 0 Å². The van der Waals surface area contributed by atoms with Gasteiger partial charge in [-0.05, 0) is 13.8 Å². The first kappa shape index (κ1) is 10.9. The number of hydrogen-bond donors (Lipinski definition) is 1. The smallest absolute Gasteiger partial charge is 0.328 e. The lowest BCUT2D eigenvalue weighted by Crippen LogP contribution is -2.39. The molecular weight excluding hydrogens is 158 g/mol. The second-order valence-electron chi connectivity index (χ2n) is 2.39. The molecule has 0 aliphatic heterocycles. The van der Waals surface area contributed by atoms with E-state index in [1.165, 1.54) is 0 Å². The first-order valence-corrected chi connectivity index (χ1v) is 4.07. The maximum atomic E-state index is 11.0. The third kappa shape index (κ3) is 3.95. The third-order valence-corrected chi connectivity index (χ3v) is 1.34. The van der Waals surface area contributed by atoms with Crippen molar-refractivity contribution < 1.29 is 14.3 Å². The van der Waals surface area contributed by atoms with Crippen LogP contribution in [0, 0.1) is 0 Å². The molecule has 0 saturated carbocycles. The number of amides is 1. The van der Waals surface area contributed by atoms with Crippen LogP contribution in [-0.4, -0.2) is 24.5 Å². The van der Waals surface area contributed by atoms with Gasteiger partial charge in [0.05, 0.1) is 6.61 Å². The second kappa shape index (κ2) is 5.57. The molecule has 0 aromatic heterocycles. The van der Waals surface area contributed by atoms with Gasteiger partial charge in [-0.15, -0.1) is 0 Å². The summed E-state index contributed by atoms with van der Waals surface area (Å²) in [5, 5.41) is 2.50.